The molecular formula is C22H32N2O6. The van der Waals surface area contributed by atoms with Crippen molar-refractivity contribution in [1.82, 2.24) is 4.90 Å². The van der Waals surface area contributed by atoms with Gasteiger partial charge in [-0.3, -0.25) is 9.59 Å². The lowest BCUT2D eigenvalue weighted by Gasteiger charge is -2.39. The molecule has 8 heteroatoms. The van der Waals surface area contributed by atoms with E-state index >= 15 is 0 Å². The normalized spacial score (nSPS) is 17.2. The van der Waals surface area contributed by atoms with Crippen LogP contribution in [-0.4, -0.2) is 58.2 Å². The number of likely N-dealkylation sites (tertiary alicyclic amines) is 1. The van der Waals surface area contributed by atoms with Crippen LogP contribution >= 0.6 is 0 Å². The fourth-order valence-electron chi connectivity index (χ4n) is 3.38. The molecule has 8 nitrogen and oxygen atoms in total. The topological polar surface area (TPSA) is 116 Å². The van der Waals surface area contributed by atoms with Crippen LogP contribution in [0.15, 0.2) is 24.3 Å². The third-order valence-electron chi connectivity index (χ3n) is 5.21. The average molecular weight is 421 g/mol. The first-order valence-electron chi connectivity index (χ1n) is 10.3. The Hall–Kier alpha value is -2.61. The van der Waals surface area contributed by atoms with Crippen molar-refractivity contribution in [3.63, 3.8) is 0 Å². The lowest BCUT2D eigenvalue weighted by atomic mass is 9.84. The lowest BCUT2D eigenvalue weighted by molar-refractivity contribution is -0.145. The van der Waals surface area contributed by atoms with Crippen molar-refractivity contribution in [2.75, 3.05) is 25.0 Å². The van der Waals surface area contributed by atoms with Crippen molar-refractivity contribution in [3.8, 4) is 0 Å². The molecule has 1 fully saturated rings. The summed E-state index contributed by atoms with van der Waals surface area (Å²) in [6.45, 7) is 7.89. The number of hydrogen-bond acceptors (Lipinski definition) is 6. The number of piperidine rings is 1. The van der Waals surface area contributed by atoms with E-state index in [-0.39, 0.29) is 24.8 Å². The maximum atomic E-state index is 12.2. The number of carbonyl (C=O) groups excluding carboxylic acids is 2. The zero-order valence-electron chi connectivity index (χ0n) is 18.1. The molecule has 2 rings (SSSR count). The van der Waals surface area contributed by atoms with Gasteiger partial charge in [0, 0.05) is 31.7 Å². The number of nitrogens with zero attached hydrogens (tertiary/aromatic N) is 1. The van der Waals surface area contributed by atoms with Gasteiger partial charge in [0.15, 0.2) is 0 Å². The van der Waals surface area contributed by atoms with E-state index in [9.17, 15) is 24.6 Å². The first-order chi connectivity index (χ1) is 13.9. The Morgan fingerprint density at radius 1 is 1.17 bits per heavy atom. The molecule has 3 N–H and O–H groups in total. The second kappa shape index (κ2) is 9.47. The van der Waals surface area contributed by atoms with Gasteiger partial charge in [-0.05, 0) is 51.3 Å². The first kappa shape index (κ1) is 23.7. The molecule has 0 bridgehead atoms. The summed E-state index contributed by atoms with van der Waals surface area (Å²) in [5, 5.41) is 23.2. The molecule has 0 aliphatic carbocycles. The van der Waals surface area contributed by atoms with Crippen LogP contribution in [0.1, 0.15) is 52.5 Å². The molecule has 1 saturated heterocycles. The number of nitrogens with one attached hydrogen (secondary N) is 1. The van der Waals surface area contributed by atoms with Gasteiger partial charge >= 0.3 is 12.1 Å². The van der Waals surface area contributed by atoms with Crippen LogP contribution in [0.4, 0.5) is 10.5 Å². The molecule has 0 spiro atoms. The van der Waals surface area contributed by atoms with Crippen molar-refractivity contribution < 1.29 is 29.3 Å². The summed E-state index contributed by atoms with van der Waals surface area (Å²) in [7, 11) is 0. The number of ketones is 1. The van der Waals surface area contributed by atoms with Gasteiger partial charge in [0.25, 0.3) is 0 Å². The molecule has 1 aliphatic rings. The Labute approximate surface area is 177 Å². The maximum Gasteiger partial charge on any atom is 0.410 e. The molecule has 1 amide bonds. The van der Waals surface area contributed by atoms with E-state index in [2.05, 4.69) is 5.32 Å². The lowest BCUT2D eigenvalue weighted by Crippen LogP contribution is -2.46. The summed E-state index contributed by atoms with van der Waals surface area (Å²) in [5.41, 5.74) is -0.201. The molecular weight excluding hydrogens is 388 g/mol. The van der Waals surface area contributed by atoms with E-state index in [1.165, 1.54) is 0 Å². The number of carboxylic acid groups (broad SMARTS) is 1. The Balaban J connectivity index is 1.95. The van der Waals surface area contributed by atoms with Gasteiger partial charge in [0.05, 0.1) is 5.60 Å². The molecule has 0 aromatic heterocycles. The van der Waals surface area contributed by atoms with Gasteiger partial charge in [0.2, 0.25) is 0 Å². The van der Waals surface area contributed by atoms with Crippen molar-refractivity contribution in [3.05, 3.63) is 29.8 Å². The van der Waals surface area contributed by atoms with Crippen LogP contribution in [0, 0.1) is 5.92 Å². The largest absolute Gasteiger partial charge is 0.481 e. The number of anilines is 1. The molecule has 1 unspecified atom stereocenters. The number of Topliss-reactive ketones (excluding diaryl/α,β-unsaturated/α-hetero) is 1. The van der Waals surface area contributed by atoms with Crippen LogP contribution in [-0.2, 0) is 19.9 Å². The van der Waals surface area contributed by atoms with Crippen LogP contribution in [0.3, 0.4) is 0 Å². The fourth-order valence-corrected chi connectivity index (χ4v) is 3.38. The minimum Gasteiger partial charge on any atom is -0.481 e. The molecule has 1 aromatic rings. The highest BCUT2D eigenvalue weighted by molar-refractivity contribution is 5.98. The van der Waals surface area contributed by atoms with Gasteiger partial charge < -0.3 is 25.2 Å². The summed E-state index contributed by atoms with van der Waals surface area (Å²) >= 11 is 0. The quantitative estimate of drug-likeness (QED) is 0.581. The number of amides is 1. The highest BCUT2D eigenvalue weighted by Gasteiger charge is 2.36. The number of ether oxygens (including phenoxy) is 1. The van der Waals surface area contributed by atoms with E-state index in [1.807, 2.05) is 20.8 Å². The average Bonchev–Trinajstić information content (AvgIpc) is 2.67. The Morgan fingerprint density at radius 2 is 1.73 bits per heavy atom. The predicted octanol–water partition coefficient (Wildman–Crippen LogP) is 3.00. The first-order valence-corrected chi connectivity index (χ1v) is 10.3. The zero-order valence-corrected chi connectivity index (χ0v) is 18.1. The second-order valence-corrected chi connectivity index (χ2v) is 8.67. The number of hydrogen-bond donors (Lipinski definition) is 3. The van der Waals surface area contributed by atoms with Crippen LogP contribution in [0.5, 0.6) is 0 Å². The molecule has 1 aliphatic heterocycles. The monoisotopic (exact) mass is 420 g/mol. The molecule has 0 saturated carbocycles. The van der Waals surface area contributed by atoms with E-state index < -0.39 is 23.1 Å². The number of carbonyl (C=O) groups is 3. The van der Waals surface area contributed by atoms with Crippen LogP contribution < -0.4 is 5.32 Å². The van der Waals surface area contributed by atoms with Crippen molar-refractivity contribution in [2.24, 2.45) is 5.92 Å². The predicted molar refractivity (Wildman–Crippen MR) is 112 cm³/mol. The summed E-state index contributed by atoms with van der Waals surface area (Å²) in [5.74, 6) is -2.55. The third-order valence-corrected chi connectivity index (χ3v) is 5.21. The van der Waals surface area contributed by atoms with Crippen LogP contribution in [0.2, 0.25) is 0 Å². The van der Waals surface area contributed by atoms with Gasteiger partial charge in [-0.15, -0.1) is 0 Å². The molecule has 0 radical (unpaired) electrons. The standard InChI is InChI=1S/C22H32N2O6/c1-5-18(25)17(19(26)27)14-23-16-8-6-15(7-9-16)22(29)10-12-24(13-11-22)20(28)30-21(2,3)4/h6-9,17,23,29H,5,10-14H2,1-4H3,(H,26,27). The Bertz CT molecular complexity index is 761. The summed E-state index contributed by atoms with van der Waals surface area (Å²) in [6.07, 6.45) is 0.583. The Kier molecular flexibility index (Phi) is 7.47. The minimum atomic E-state index is -1.14. The van der Waals surface area contributed by atoms with E-state index in [4.69, 9.17) is 4.74 Å². The number of aliphatic carboxylic acids is 1. The number of rotatable bonds is 7. The molecule has 30 heavy (non-hydrogen) atoms. The fraction of sp³-hybridized carbons (Fsp3) is 0.591. The van der Waals surface area contributed by atoms with E-state index in [0.29, 0.717) is 31.6 Å². The highest BCUT2D eigenvalue weighted by Crippen LogP contribution is 2.34. The second-order valence-electron chi connectivity index (χ2n) is 8.67. The van der Waals surface area contributed by atoms with Crippen molar-refractivity contribution in [1.29, 1.82) is 0 Å². The third kappa shape index (κ3) is 6.19. The number of aliphatic hydroxyl groups is 1. The summed E-state index contributed by atoms with van der Waals surface area (Å²) < 4.78 is 5.39. The Morgan fingerprint density at radius 3 is 2.20 bits per heavy atom. The minimum absolute atomic E-state index is 0.0104. The summed E-state index contributed by atoms with van der Waals surface area (Å²) in [6, 6.07) is 7.07. The summed E-state index contributed by atoms with van der Waals surface area (Å²) in [4.78, 5) is 36.8. The van der Waals surface area contributed by atoms with Gasteiger partial charge in [-0.25, -0.2) is 4.79 Å². The SMILES string of the molecule is CCC(=O)C(CNc1ccc(C2(O)CCN(C(=O)OC(C)(C)C)CC2)cc1)C(=O)O. The molecule has 1 aromatic carbocycles. The van der Waals surface area contributed by atoms with E-state index in [1.54, 1.807) is 36.1 Å². The van der Waals surface area contributed by atoms with Gasteiger partial charge in [0.1, 0.15) is 17.3 Å². The smallest absolute Gasteiger partial charge is 0.410 e. The number of carboxylic acids is 1. The highest BCUT2D eigenvalue weighted by atomic mass is 16.6. The van der Waals surface area contributed by atoms with Crippen LogP contribution in [0.25, 0.3) is 0 Å². The van der Waals surface area contributed by atoms with Crippen molar-refractivity contribution >= 4 is 23.5 Å². The van der Waals surface area contributed by atoms with Gasteiger partial charge in [-0.2, -0.15) is 0 Å². The molecule has 1 atom stereocenters. The number of benzene rings is 1. The van der Waals surface area contributed by atoms with Crippen molar-refractivity contribution in [2.45, 2.75) is 58.2 Å². The molecule has 1 heterocycles. The zero-order chi connectivity index (χ0) is 22.5. The van der Waals surface area contributed by atoms with Gasteiger partial charge in [-0.1, -0.05) is 19.1 Å². The molecule has 166 valence electrons. The maximum absolute atomic E-state index is 12.2. The van der Waals surface area contributed by atoms with E-state index in [0.717, 1.165) is 5.56 Å².